The van der Waals surface area contributed by atoms with Crippen molar-refractivity contribution in [1.82, 2.24) is 15.1 Å². The van der Waals surface area contributed by atoms with Gasteiger partial charge in [-0.3, -0.25) is 0 Å². The zero-order valence-corrected chi connectivity index (χ0v) is 11.7. The molecule has 0 aliphatic carbocycles. The van der Waals surface area contributed by atoms with E-state index in [0.29, 0.717) is 11.7 Å². The highest BCUT2D eigenvalue weighted by molar-refractivity contribution is 6.30. The Morgan fingerprint density at radius 2 is 2.05 bits per heavy atom. The summed E-state index contributed by atoms with van der Waals surface area (Å²) in [6.45, 7) is 3.58. The summed E-state index contributed by atoms with van der Waals surface area (Å²) in [4.78, 5) is 0. The number of aromatic nitrogens is 2. The lowest BCUT2D eigenvalue weighted by Crippen LogP contribution is -2.16. The van der Waals surface area contributed by atoms with Crippen LogP contribution in [-0.4, -0.2) is 28.0 Å². The molecule has 0 aliphatic rings. The number of hydrogen-bond donors (Lipinski definition) is 2. The number of nitrogens with zero attached hydrogens (tertiary/aromatic N) is 2. The van der Waals surface area contributed by atoms with E-state index in [2.05, 4.69) is 10.4 Å². The van der Waals surface area contributed by atoms with Crippen LogP contribution >= 0.6 is 11.6 Å². The van der Waals surface area contributed by atoms with Crippen LogP contribution in [0.15, 0.2) is 30.3 Å². The summed E-state index contributed by atoms with van der Waals surface area (Å²) in [6, 6.07) is 9.83. The lowest BCUT2D eigenvalue weighted by Gasteiger charge is -2.04. The molecule has 102 valence electrons. The van der Waals surface area contributed by atoms with Crippen molar-refractivity contribution >= 4 is 11.6 Å². The highest BCUT2D eigenvalue weighted by Crippen LogP contribution is 2.23. The van der Waals surface area contributed by atoms with Gasteiger partial charge in [0.2, 0.25) is 0 Å². The predicted octanol–water partition coefficient (Wildman–Crippen LogP) is 2.31. The lowest BCUT2D eigenvalue weighted by molar-refractivity contribution is 0.286. The first-order valence-electron chi connectivity index (χ1n) is 6.35. The summed E-state index contributed by atoms with van der Waals surface area (Å²) >= 11 is 6.39. The second-order valence-electron chi connectivity index (χ2n) is 4.36. The fourth-order valence-corrected chi connectivity index (χ4v) is 2.23. The third kappa shape index (κ3) is 3.35. The van der Waals surface area contributed by atoms with E-state index in [9.17, 15) is 0 Å². The second kappa shape index (κ2) is 6.70. The summed E-state index contributed by atoms with van der Waals surface area (Å²) in [5.74, 6) is 0. The molecule has 0 unspecified atom stereocenters. The zero-order chi connectivity index (χ0) is 13.7. The zero-order valence-electron chi connectivity index (χ0n) is 10.9. The smallest absolute Gasteiger partial charge is 0.137 e. The van der Waals surface area contributed by atoms with E-state index in [0.717, 1.165) is 29.9 Å². The molecule has 1 aromatic carbocycles. The Morgan fingerprint density at radius 1 is 1.32 bits per heavy atom. The van der Waals surface area contributed by atoms with Crippen molar-refractivity contribution in [3.63, 3.8) is 0 Å². The SMILES string of the molecule is Cc1nn(-c2ccccc2)c(Cl)c1CNCCCO. The van der Waals surface area contributed by atoms with Gasteiger partial charge in [-0.15, -0.1) is 0 Å². The molecule has 1 aromatic heterocycles. The number of benzene rings is 1. The van der Waals surface area contributed by atoms with Gasteiger partial charge in [0, 0.05) is 18.7 Å². The van der Waals surface area contributed by atoms with E-state index < -0.39 is 0 Å². The molecule has 5 heteroatoms. The molecule has 0 spiro atoms. The standard InChI is InChI=1S/C14H18ClN3O/c1-11-13(10-16-8-5-9-19)14(15)18(17-11)12-6-3-2-4-7-12/h2-4,6-7,16,19H,5,8-10H2,1H3. The fraction of sp³-hybridized carbons (Fsp3) is 0.357. The maximum absolute atomic E-state index is 8.74. The highest BCUT2D eigenvalue weighted by atomic mass is 35.5. The summed E-state index contributed by atoms with van der Waals surface area (Å²) in [5, 5.41) is 17.1. The maximum Gasteiger partial charge on any atom is 0.137 e. The fourth-order valence-electron chi connectivity index (χ4n) is 1.89. The van der Waals surface area contributed by atoms with Crippen LogP contribution in [0.25, 0.3) is 5.69 Å². The third-order valence-electron chi connectivity index (χ3n) is 2.94. The maximum atomic E-state index is 8.74. The molecular formula is C14H18ClN3O. The van der Waals surface area contributed by atoms with E-state index in [-0.39, 0.29) is 6.61 Å². The van der Waals surface area contributed by atoms with Gasteiger partial charge in [-0.25, -0.2) is 4.68 Å². The van der Waals surface area contributed by atoms with Gasteiger partial charge in [0.1, 0.15) is 5.15 Å². The Balaban J connectivity index is 2.16. The van der Waals surface area contributed by atoms with Gasteiger partial charge in [-0.1, -0.05) is 29.8 Å². The van der Waals surface area contributed by atoms with Crippen molar-refractivity contribution < 1.29 is 5.11 Å². The number of aliphatic hydroxyl groups excluding tert-OH is 1. The molecule has 0 saturated heterocycles. The minimum absolute atomic E-state index is 0.197. The van der Waals surface area contributed by atoms with Crippen LogP contribution in [-0.2, 0) is 6.54 Å². The molecular weight excluding hydrogens is 262 g/mol. The van der Waals surface area contributed by atoms with E-state index in [4.69, 9.17) is 16.7 Å². The summed E-state index contributed by atoms with van der Waals surface area (Å²) in [5.41, 5.74) is 2.88. The first-order chi connectivity index (χ1) is 9.24. The van der Waals surface area contributed by atoms with Crippen LogP contribution in [0.5, 0.6) is 0 Å². The Labute approximate surface area is 118 Å². The van der Waals surface area contributed by atoms with Gasteiger partial charge in [0.15, 0.2) is 0 Å². The molecule has 0 amide bonds. The minimum atomic E-state index is 0.197. The van der Waals surface area contributed by atoms with Crippen LogP contribution in [0.2, 0.25) is 5.15 Å². The van der Waals surface area contributed by atoms with Crippen molar-refractivity contribution in [3.05, 3.63) is 46.7 Å². The van der Waals surface area contributed by atoms with Crippen LogP contribution < -0.4 is 5.32 Å². The van der Waals surface area contributed by atoms with Gasteiger partial charge >= 0.3 is 0 Å². The summed E-state index contributed by atoms with van der Waals surface area (Å²) in [7, 11) is 0. The molecule has 1 heterocycles. The first-order valence-corrected chi connectivity index (χ1v) is 6.73. The van der Waals surface area contributed by atoms with Crippen molar-refractivity contribution in [2.24, 2.45) is 0 Å². The van der Waals surface area contributed by atoms with Crippen LogP contribution in [0.4, 0.5) is 0 Å². The molecule has 0 radical (unpaired) electrons. The van der Waals surface area contributed by atoms with Gasteiger partial charge in [0.25, 0.3) is 0 Å². The number of halogens is 1. The average molecular weight is 280 g/mol. The molecule has 0 atom stereocenters. The van der Waals surface area contributed by atoms with E-state index in [1.807, 2.05) is 37.3 Å². The van der Waals surface area contributed by atoms with Gasteiger partial charge in [0.05, 0.1) is 11.4 Å². The molecule has 2 N–H and O–H groups in total. The minimum Gasteiger partial charge on any atom is -0.396 e. The van der Waals surface area contributed by atoms with Gasteiger partial charge in [-0.2, -0.15) is 5.10 Å². The van der Waals surface area contributed by atoms with Crippen LogP contribution in [0.1, 0.15) is 17.7 Å². The highest BCUT2D eigenvalue weighted by Gasteiger charge is 2.13. The number of para-hydroxylation sites is 1. The summed E-state index contributed by atoms with van der Waals surface area (Å²) in [6.07, 6.45) is 0.740. The number of nitrogens with one attached hydrogen (secondary N) is 1. The second-order valence-corrected chi connectivity index (χ2v) is 4.71. The number of hydrogen-bond acceptors (Lipinski definition) is 3. The normalized spacial score (nSPS) is 10.9. The van der Waals surface area contributed by atoms with Gasteiger partial charge in [-0.05, 0) is 32.0 Å². The molecule has 0 fully saturated rings. The van der Waals surface area contributed by atoms with Gasteiger partial charge < -0.3 is 10.4 Å². The Bertz CT molecular complexity index is 525. The Morgan fingerprint density at radius 3 is 2.74 bits per heavy atom. The van der Waals surface area contributed by atoms with Crippen molar-refractivity contribution in [2.75, 3.05) is 13.2 Å². The first kappa shape index (κ1) is 14.1. The largest absolute Gasteiger partial charge is 0.396 e. The van der Waals surface area contributed by atoms with Crippen molar-refractivity contribution in [1.29, 1.82) is 0 Å². The Kier molecular flexibility index (Phi) is 4.96. The predicted molar refractivity (Wildman–Crippen MR) is 76.7 cm³/mol. The molecule has 0 aliphatic heterocycles. The Hall–Kier alpha value is -1.36. The average Bonchev–Trinajstić information content (AvgIpc) is 2.72. The quantitative estimate of drug-likeness (QED) is 0.798. The molecule has 0 bridgehead atoms. The molecule has 4 nitrogen and oxygen atoms in total. The number of rotatable bonds is 6. The molecule has 2 rings (SSSR count). The number of aliphatic hydroxyl groups is 1. The van der Waals surface area contributed by atoms with E-state index >= 15 is 0 Å². The third-order valence-corrected chi connectivity index (χ3v) is 3.32. The van der Waals surface area contributed by atoms with Crippen molar-refractivity contribution in [2.45, 2.75) is 19.9 Å². The lowest BCUT2D eigenvalue weighted by atomic mass is 10.2. The van der Waals surface area contributed by atoms with Crippen LogP contribution in [0.3, 0.4) is 0 Å². The van der Waals surface area contributed by atoms with E-state index in [1.54, 1.807) is 4.68 Å². The molecule has 2 aromatic rings. The monoisotopic (exact) mass is 279 g/mol. The molecule has 0 saturated carbocycles. The van der Waals surface area contributed by atoms with E-state index in [1.165, 1.54) is 0 Å². The molecule has 19 heavy (non-hydrogen) atoms. The topological polar surface area (TPSA) is 50.1 Å². The summed E-state index contributed by atoms with van der Waals surface area (Å²) < 4.78 is 1.75. The van der Waals surface area contributed by atoms with Crippen LogP contribution in [0, 0.1) is 6.92 Å². The number of aryl methyl sites for hydroxylation is 1. The van der Waals surface area contributed by atoms with Crippen molar-refractivity contribution in [3.8, 4) is 5.69 Å².